The van der Waals surface area contributed by atoms with Gasteiger partial charge in [-0.1, -0.05) is 6.92 Å². The number of carbonyl (C=O) groups is 1. The number of nitrogens with zero attached hydrogens (tertiary/aromatic N) is 3. The monoisotopic (exact) mass is 479 g/mol. The summed E-state index contributed by atoms with van der Waals surface area (Å²) in [6.07, 6.45) is 6.34. The van der Waals surface area contributed by atoms with E-state index in [1.165, 1.54) is 20.3 Å². The summed E-state index contributed by atoms with van der Waals surface area (Å²) in [4.78, 5) is 18.5. The molecule has 2 saturated heterocycles. The minimum absolute atomic E-state index is 0.0990. The number of amides is 1. The molecule has 33 heavy (non-hydrogen) atoms. The molecule has 0 radical (unpaired) electrons. The fourth-order valence-electron chi connectivity index (χ4n) is 5.05. The summed E-state index contributed by atoms with van der Waals surface area (Å²) in [7, 11) is 0. The molecule has 2 aliphatic rings. The van der Waals surface area contributed by atoms with Gasteiger partial charge in [0, 0.05) is 66.8 Å². The van der Waals surface area contributed by atoms with E-state index in [2.05, 4.69) is 24.8 Å². The van der Waals surface area contributed by atoms with Crippen LogP contribution in [0.3, 0.4) is 0 Å². The summed E-state index contributed by atoms with van der Waals surface area (Å²) in [5.41, 5.74) is 8.38. The third-order valence-corrected chi connectivity index (χ3v) is 8.13. The molecule has 6 N–H and O–H groups in total. The van der Waals surface area contributed by atoms with Crippen molar-refractivity contribution in [2.24, 2.45) is 11.6 Å². The van der Waals surface area contributed by atoms with E-state index in [-0.39, 0.29) is 19.1 Å². The molecule has 1 amide bonds. The number of aliphatic hydroxyl groups is 2. The molecule has 0 aromatic carbocycles. The van der Waals surface area contributed by atoms with Gasteiger partial charge in [-0.3, -0.25) is 9.69 Å². The van der Waals surface area contributed by atoms with E-state index in [4.69, 9.17) is 11.6 Å². The maximum atomic E-state index is 11.7. The molecule has 1 aromatic rings. The lowest BCUT2D eigenvalue weighted by atomic mass is 9.85. The number of thiophene rings is 1. The van der Waals surface area contributed by atoms with Gasteiger partial charge < -0.3 is 25.9 Å². The molecule has 2 aliphatic heterocycles. The van der Waals surface area contributed by atoms with E-state index in [1.807, 2.05) is 11.3 Å². The van der Waals surface area contributed by atoms with Crippen LogP contribution >= 0.6 is 11.3 Å². The molecule has 9 heteroatoms. The second kappa shape index (κ2) is 12.2. The Hall–Kier alpha value is -1.65. The van der Waals surface area contributed by atoms with Crippen LogP contribution < -0.4 is 11.6 Å². The molecule has 0 saturated carbocycles. The van der Waals surface area contributed by atoms with Gasteiger partial charge in [0.25, 0.3) is 0 Å². The van der Waals surface area contributed by atoms with Crippen LogP contribution in [0.4, 0.5) is 0 Å². The van der Waals surface area contributed by atoms with Crippen LogP contribution in [0.25, 0.3) is 0 Å². The first-order valence-electron chi connectivity index (χ1n) is 12.2. The van der Waals surface area contributed by atoms with E-state index in [9.17, 15) is 15.0 Å². The Bertz CT molecular complexity index is 814. The molecule has 3 heterocycles. The highest BCUT2D eigenvalue weighted by Gasteiger charge is 2.29. The number of β-amino-alcohol motifs (C(OH)–C–C–N with tert-alkyl or cyclic N) is 1. The van der Waals surface area contributed by atoms with Gasteiger partial charge in [-0.2, -0.15) is 0 Å². The fraction of sp³-hybridized carbons (Fsp3) is 0.708. The van der Waals surface area contributed by atoms with E-state index in [0.717, 1.165) is 38.6 Å². The molecule has 0 spiro atoms. The Balaban J connectivity index is 1.49. The van der Waals surface area contributed by atoms with Crippen molar-refractivity contribution in [3.8, 4) is 0 Å². The number of aliphatic hydroxyl groups excluding tert-OH is 2. The first kappa shape index (κ1) is 26.0. The molecule has 3 rings (SSSR count). The SMILES string of the molecule is CCc1cc(C2CCN(C/C(N)=C/N(N)CC(O)CN3CCCC3=O)C(C)C2)c(CCO)s1. The Labute approximate surface area is 201 Å². The van der Waals surface area contributed by atoms with Crippen molar-refractivity contribution in [3.05, 3.63) is 33.3 Å². The second-order valence-electron chi connectivity index (χ2n) is 9.46. The van der Waals surface area contributed by atoms with E-state index in [1.54, 1.807) is 11.1 Å². The second-order valence-corrected chi connectivity index (χ2v) is 10.7. The number of hydrogen-bond acceptors (Lipinski definition) is 8. The number of nitrogens with two attached hydrogens (primary N) is 2. The Kier molecular flexibility index (Phi) is 9.57. The normalized spacial score (nSPS) is 23.4. The molecule has 8 nitrogen and oxygen atoms in total. The number of hydrazine groups is 1. The maximum absolute atomic E-state index is 11.7. The van der Waals surface area contributed by atoms with Gasteiger partial charge in [-0.15, -0.1) is 11.3 Å². The topological polar surface area (TPSA) is 119 Å². The number of likely N-dealkylation sites (tertiary alicyclic amines) is 2. The van der Waals surface area contributed by atoms with Crippen LogP contribution in [-0.2, 0) is 17.6 Å². The largest absolute Gasteiger partial charge is 0.400 e. The summed E-state index contributed by atoms with van der Waals surface area (Å²) in [6, 6.07) is 2.74. The van der Waals surface area contributed by atoms with Crippen LogP contribution in [0, 0.1) is 0 Å². The lowest BCUT2D eigenvalue weighted by molar-refractivity contribution is -0.129. The van der Waals surface area contributed by atoms with Crippen molar-refractivity contribution >= 4 is 17.2 Å². The summed E-state index contributed by atoms with van der Waals surface area (Å²) in [5, 5.41) is 21.2. The number of carbonyl (C=O) groups excluding carboxylic acids is 1. The number of piperidine rings is 1. The smallest absolute Gasteiger partial charge is 0.222 e. The summed E-state index contributed by atoms with van der Waals surface area (Å²) < 4.78 is 0. The van der Waals surface area contributed by atoms with Crippen molar-refractivity contribution in [2.45, 2.75) is 70.4 Å². The zero-order valence-electron chi connectivity index (χ0n) is 20.1. The minimum atomic E-state index is -0.706. The third kappa shape index (κ3) is 7.16. The highest BCUT2D eigenvalue weighted by atomic mass is 32.1. The first-order chi connectivity index (χ1) is 15.8. The van der Waals surface area contributed by atoms with Gasteiger partial charge in [-0.25, -0.2) is 5.84 Å². The zero-order chi connectivity index (χ0) is 24.0. The number of aryl methyl sites for hydroxylation is 1. The van der Waals surface area contributed by atoms with E-state index in [0.29, 0.717) is 43.7 Å². The highest BCUT2D eigenvalue weighted by Crippen LogP contribution is 2.37. The lowest BCUT2D eigenvalue weighted by Crippen LogP contribution is -2.44. The molecule has 0 aliphatic carbocycles. The molecule has 3 unspecified atom stereocenters. The molecule has 1 aromatic heterocycles. The predicted octanol–water partition coefficient (Wildman–Crippen LogP) is 1.37. The summed E-state index contributed by atoms with van der Waals surface area (Å²) >= 11 is 1.85. The third-order valence-electron chi connectivity index (χ3n) is 6.78. The predicted molar refractivity (Wildman–Crippen MR) is 132 cm³/mol. The van der Waals surface area contributed by atoms with Crippen LogP contribution in [0.1, 0.15) is 60.8 Å². The molecule has 186 valence electrons. The van der Waals surface area contributed by atoms with Crippen molar-refractivity contribution in [3.63, 3.8) is 0 Å². The average molecular weight is 480 g/mol. The molecular formula is C24H41N5O3S. The Morgan fingerprint density at radius 2 is 2.21 bits per heavy atom. The fourth-order valence-corrected chi connectivity index (χ4v) is 6.23. The molecule has 3 atom stereocenters. The van der Waals surface area contributed by atoms with Gasteiger partial charge in [0.1, 0.15) is 0 Å². The van der Waals surface area contributed by atoms with Gasteiger partial charge in [0.2, 0.25) is 5.91 Å². The quantitative estimate of drug-likeness (QED) is 0.280. The van der Waals surface area contributed by atoms with Crippen LogP contribution in [-0.4, -0.2) is 82.4 Å². The molecule has 0 bridgehead atoms. The van der Waals surface area contributed by atoms with E-state index >= 15 is 0 Å². The van der Waals surface area contributed by atoms with E-state index < -0.39 is 6.10 Å². The number of hydrogen-bond donors (Lipinski definition) is 4. The molecular weight excluding hydrogens is 438 g/mol. The number of rotatable bonds is 11. The average Bonchev–Trinajstić information content (AvgIpc) is 3.35. The van der Waals surface area contributed by atoms with Gasteiger partial charge >= 0.3 is 0 Å². The van der Waals surface area contributed by atoms with Gasteiger partial charge in [0.05, 0.1) is 12.6 Å². The van der Waals surface area contributed by atoms with Crippen molar-refractivity contribution < 1.29 is 15.0 Å². The van der Waals surface area contributed by atoms with Gasteiger partial charge in [-0.05, 0) is 56.7 Å². The molecule has 2 fully saturated rings. The standard InChI is InChI=1S/C24H41N5O3S/c1-3-21-12-22(23(33-21)7-10-30)18-6-9-27(17(2)11-18)13-19(25)14-29(26)16-20(31)15-28-8-4-5-24(28)32/h12,14,17-18,20,30-31H,3-11,13,15-16,25-26H2,1-2H3/b19-14-. The lowest BCUT2D eigenvalue weighted by Gasteiger charge is -2.38. The highest BCUT2D eigenvalue weighted by molar-refractivity contribution is 7.12. The first-order valence-corrected chi connectivity index (χ1v) is 13.0. The van der Waals surface area contributed by atoms with Crippen LogP contribution in [0.5, 0.6) is 0 Å². The maximum Gasteiger partial charge on any atom is 0.222 e. The summed E-state index contributed by atoms with van der Waals surface area (Å²) in [6.45, 7) is 7.47. The van der Waals surface area contributed by atoms with Crippen molar-refractivity contribution in [1.29, 1.82) is 0 Å². The van der Waals surface area contributed by atoms with Gasteiger partial charge in [0.15, 0.2) is 0 Å². The Morgan fingerprint density at radius 1 is 1.42 bits per heavy atom. The van der Waals surface area contributed by atoms with Crippen LogP contribution in [0.15, 0.2) is 18.0 Å². The summed E-state index contributed by atoms with van der Waals surface area (Å²) in [5.74, 6) is 6.68. The van der Waals surface area contributed by atoms with Crippen molar-refractivity contribution in [2.75, 3.05) is 39.3 Å². The van der Waals surface area contributed by atoms with Crippen LogP contribution in [0.2, 0.25) is 0 Å². The zero-order valence-corrected chi connectivity index (χ0v) is 20.9. The Morgan fingerprint density at radius 3 is 2.85 bits per heavy atom. The minimum Gasteiger partial charge on any atom is -0.400 e. The van der Waals surface area contributed by atoms with Crippen molar-refractivity contribution in [1.82, 2.24) is 14.8 Å².